The molecule has 1 fully saturated rings. The van der Waals surface area contributed by atoms with E-state index in [1.807, 2.05) is 14.1 Å². The fourth-order valence-electron chi connectivity index (χ4n) is 2.06. The van der Waals surface area contributed by atoms with Gasteiger partial charge in [-0.2, -0.15) is 13.7 Å². The van der Waals surface area contributed by atoms with Crippen LogP contribution in [0.2, 0.25) is 0 Å². The fraction of sp³-hybridized carbons (Fsp3) is 0.889. The molecule has 0 amide bonds. The molecule has 0 aromatic rings. The van der Waals surface area contributed by atoms with Gasteiger partial charge in [0.1, 0.15) is 0 Å². The van der Waals surface area contributed by atoms with Crippen LogP contribution in [0.5, 0.6) is 0 Å². The Morgan fingerprint density at radius 3 is 2.53 bits per heavy atom. The van der Waals surface area contributed by atoms with Gasteiger partial charge in [-0.15, -0.1) is 0 Å². The molecule has 86 valence electrons. The summed E-state index contributed by atoms with van der Waals surface area (Å²) in [5.41, 5.74) is 0. The lowest BCUT2D eigenvalue weighted by molar-refractivity contribution is -0.891. The first-order valence-corrected chi connectivity index (χ1v) is 6.43. The van der Waals surface area contributed by atoms with Crippen LogP contribution in [-0.2, 0) is 10.1 Å². The average molecular weight is 233 g/mol. The SMILES string of the molecule is C[N+]1(C)CC[C@@H](S(=O)(=O)O)C[C@H](C#N)C1. The summed E-state index contributed by atoms with van der Waals surface area (Å²) in [6, 6.07) is 2.11. The van der Waals surface area contributed by atoms with Crippen molar-refractivity contribution in [2.45, 2.75) is 18.1 Å². The van der Waals surface area contributed by atoms with E-state index < -0.39 is 15.4 Å². The number of nitrogens with zero attached hydrogens (tertiary/aromatic N) is 2. The normalized spacial score (nSPS) is 31.6. The van der Waals surface area contributed by atoms with E-state index >= 15 is 0 Å². The highest BCUT2D eigenvalue weighted by Gasteiger charge is 2.35. The van der Waals surface area contributed by atoms with E-state index in [-0.39, 0.29) is 12.3 Å². The second-order valence-corrected chi connectivity index (χ2v) is 6.53. The molecule has 0 unspecified atom stereocenters. The first-order chi connectivity index (χ1) is 6.74. The summed E-state index contributed by atoms with van der Waals surface area (Å²) >= 11 is 0. The van der Waals surface area contributed by atoms with E-state index in [2.05, 4.69) is 6.07 Å². The van der Waals surface area contributed by atoms with Crippen LogP contribution in [0.4, 0.5) is 0 Å². The molecular formula is C9H17N2O3S+. The van der Waals surface area contributed by atoms with E-state index in [1.165, 1.54) is 0 Å². The molecule has 1 N–H and O–H groups in total. The smallest absolute Gasteiger partial charge is 0.268 e. The Morgan fingerprint density at radius 1 is 1.47 bits per heavy atom. The van der Waals surface area contributed by atoms with Gasteiger partial charge in [0.25, 0.3) is 10.1 Å². The minimum Gasteiger partial charge on any atom is -0.327 e. The van der Waals surface area contributed by atoms with Crippen LogP contribution in [0.3, 0.4) is 0 Å². The van der Waals surface area contributed by atoms with E-state index in [9.17, 15) is 8.42 Å². The molecule has 1 aliphatic heterocycles. The highest BCUT2D eigenvalue weighted by molar-refractivity contribution is 7.86. The van der Waals surface area contributed by atoms with Gasteiger partial charge in [-0.1, -0.05) is 0 Å². The Bertz CT molecular complexity index is 369. The summed E-state index contributed by atoms with van der Waals surface area (Å²) in [7, 11) is -0.0656. The molecule has 1 rings (SSSR count). The van der Waals surface area contributed by atoms with Gasteiger partial charge in [-0.05, 0) is 6.42 Å². The molecule has 1 aliphatic rings. The van der Waals surface area contributed by atoms with Gasteiger partial charge in [-0.25, -0.2) is 0 Å². The molecule has 0 spiro atoms. The zero-order valence-electron chi connectivity index (χ0n) is 9.05. The minimum atomic E-state index is -4.00. The summed E-state index contributed by atoms with van der Waals surface area (Å²) in [6.45, 7) is 1.31. The van der Waals surface area contributed by atoms with E-state index in [0.29, 0.717) is 24.0 Å². The Morgan fingerprint density at radius 2 is 2.07 bits per heavy atom. The minimum absolute atomic E-state index is 0.247. The van der Waals surface area contributed by atoms with E-state index in [0.717, 1.165) is 0 Å². The van der Waals surface area contributed by atoms with Gasteiger partial charge >= 0.3 is 0 Å². The maximum Gasteiger partial charge on any atom is 0.268 e. The van der Waals surface area contributed by atoms with Crippen LogP contribution >= 0.6 is 0 Å². The highest BCUT2D eigenvalue weighted by Crippen LogP contribution is 2.23. The summed E-state index contributed by atoms with van der Waals surface area (Å²) in [5.74, 6) is -0.297. The largest absolute Gasteiger partial charge is 0.327 e. The van der Waals surface area contributed by atoms with Crippen LogP contribution in [0.25, 0.3) is 0 Å². The van der Waals surface area contributed by atoms with Gasteiger partial charge in [0.15, 0.2) is 0 Å². The van der Waals surface area contributed by atoms with Crippen molar-refractivity contribution in [3.63, 3.8) is 0 Å². The number of rotatable bonds is 1. The summed E-state index contributed by atoms with van der Waals surface area (Å²) in [5, 5.41) is 8.12. The number of nitriles is 1. The molecule has 1 heterocycles. The van der Waals surface area contributed by atoms with Crippen molar-refractivity contribution < 1.29 is 17.5 Å². The molecule has 6 heteroatoms. The van der Waals surface area contributed by atoms with Crippen molar-refractivity contribution in [2.75, 3.05) is 27.2 Å². The molecule has 0 bridgehead atoms. The first kappa shape index (κ1) is 12.4. The van der Waals surface area contributed by atoms with Gasteiger partial charge in [0.05, 0.1) is 44.4 Å². The summed E-state index contributed by atoms with van der Waals surface area (Å²) in [4.78, 5) is 0. The Kier molecular flexibility index (Phi) is 3.38. The number of quaternary nitrogens is 1. The molecule has 5 nitrogen and oxygen atoms in total. The molecule has 1 saturated heterocycles. The lowest BCUT2D eigenvalue weighted by Gasteiger charge is -2.28. The highest BCUT2D eigenvalue weighted by atomic mass is 32.2. The van der Waals surface area contributed by atoms with Crippen molar-refractivity contribution in [1.82, 2.24) is 0 Å². The van der Waals surface area contributed by atoms with Gasteiger partial charge in [-0.3, -0.25) is 4.55 Å². The van der Waals surface area contributed by atoms with Crippen LogP contribution in [0.1, 0.15) is 12.8 Å². The Balaban J connectivity index is 2.88. The maximum atomic E-state index is 11.1. The molecule has 0 aromatic carbocycles. The number of likely N-dealkylation sites (tertiary alicyclic amines) is 1. The molecular weight excluding hydrogens is 216 g/mol. The predicted molar refractivity (Wildman–Crippen MR) is 55.5 cm³/mol. The molecule has 0 aliphatic carbocycles. The zero-order valence-corrected chi connectivity index (χ0v) is 9.87. The topological polar surface area (TPSA) is 78.2 Å². The third-order valence-corrected chi connectivity index (χ3v) is 4.19. The molecule has 0 aromatic heterocycles. The van der Waals surface area contributed by atoms with E-state index in [4.69, 9.17) is 9.81 Å². The number of hydrogen-bond donors (Lipinski definition) is 1. The zero-order chi connectivity index (χ0) is 11.7. The molecule has 2 atom stereocenters. The van der Waals surface area contributed by atoms with Crippen molar-refractivity contribution in [3.8, 4) is 6.07 Å². The van der Waals surface area contributed by atoms with Crippen LogP contribution < -0.4 is 0 Å². The third-order valence-electron chi connectivity index (χ3n) is 2.92. The van der Waals surface area contributed by atoms with Gasteiger partial charge in [0.2, 0.25) is 0 Å². The average Bonchev–Trinajstić information content (AvgIpc) is 2.22. The van der Waals surface area contributed by atoms with Crippen molar-refractivity contribution in [2.24, 2.45) is 5.92 Å². The second kappa shape index (κ2) is 4.08. The number of hydrogen-bond acceptors (Lipinski definition) is 3. The van der Waals surface area contributed by atoms with Gasteiger partial charge in [0, 0.05) is 6.42 Å². The Labute approximate surface area is 90.6 Å². The van der Waals surface area contributed by atoms with Crippen molar-refractivity contribution in [1.29, 1.82) is 5.26 Å². The quantitative estimate of drug-likeness (QED) is 0.520. The predicted octanol–water partition coefficient (Wildman–Crippen LogP) is 0.253. The standard InChI is InChI=1S/C9H16N2O3S/c1-11(2)4-3-9(15(12,13)14)5-8(6-10)7-11/h8-9H,3-5,7H2,1-2H3/p+1/t8-,9-/m1/s1. The lowest BCUT2D eigenvalue weighted by Crippen LogP contribution is -2.42. The molecule has 15 heavy (non-hydrogen) atoms. The van der Waals surface area contributed by atoms with Crippen LogP contribution in [-0.4, -0.2) is 49.9 Å². The van der Waals surface area contributed by atoms with Gasteiger partial charge < -0.3 is 4.48 Å². The second-order valence-electron chi connectivity index (χ2n) is 4.83. The van der Waals surface area contributed by atoms with Crippen molar-refractivity contribution in [3.05, 3.63) is 0 Å². The fourth-order valence-corrected chi connectivity index (χ4v) is 2.93. The molecule has 0 saturated carbocycles. The van der Waals surface area contributed by atoms with Crippen LogP contribution in [0, 0.1) is 17.2 Å². The summed E-state index contributed by atoms with van der Waals surface area (Å²) in [6.07, 6.45) is 0.668. The first-order valence-electron chi connectivity index (χ1n) is 4.92. The molecule has 0 radical (unpaired) electrons. The monoisotopic (exact) mass is 233 g/mol. The van der Waals surface area contributed by atoms with Crippen molar-refractivity contribution >= 4 is 10.1 Å². The Hall–Kier alpha value is -0.640. The maximum absolute atomic E-state index is 11.1. The lowest BCUT2D eigenvalue weighted by atomic mass is 10.1. The third kappa shape index (κ3) is 3.45. The van der Waals surface area contributed by atoms with E-state index in [1.54, 1.807) is 0 Å². The summed E-state index contributed by atoms with van der Waals surface area (Å²) < 4.78 is 31.7. The van der Waals surface area contributed by atoms with Crippen LogP contribution in [0.15, 0.2) is 0 Å².